The van der Waals surface area contributed by atoms with Gasteiger partial charge in [-0.25, -0.2) is 0 Å². The predicted molar refractivity (Wildman–Crippen MR) is 84.8 cm³/mol. The van der Waals surface area contributed by atoms with Gasteiger partial charge in [0.15, 0.2) is 11.5 Å². The lowest BCUT2D eigenvalue weighted by molar-refractivity contribution is -0.130. The van der Waals surface area contributed by atoms with Gasteiger partial charge in [-0.2, -0.15) is 0 Å². The van der Waals surface area contributed by atoms with Crippen molar-refractivity contribution in [3.8, 4) is 11.5 Å². The minimum absolute atomic E-state index is 0.0312. The molecule has 2 heterocycles. The number of amides is 2. The molecule has 1 aromatic carbocycles. The highest BCUT2D eigenvalue weighted by molar-refractivity contribution is 5.98. The highest BCUT2D eigenvalue weighted by Gasteiger charge is 2.29. The first kappa shape index (κ1) is 15.6. The van der Waals surface area contributed by atoms with Gasteiger partial charge in [0.05, 0.1) is 5.56 Å². The van der Waals surface area contributed by atoms with Crippen LogP contribution in [-0.4, -0.2) is 61.0 Å². The van der Waals surface area contributed by atoms with Crippen molar-refractivity contribution >= 4 is 11.8 Å². The molecule has 6 heteroatoms. The normalized spacial score (nSPS) is 17.7. The number of piperidine rings is 1. The van der Waals surface area contributed by atoms with E-state index in [4.69, 9.17) is 9.47 Å². The van der Waals surface area contributed by atoms with Crippen LogP contribution in [0.3, 0.4) is 0 Å². The van der Waals surface area contributed by atoms with Crippen molar-refractivity contribution in [2.24, 2.45) is 0 Å². The van der Waals surface area contributed by atoms with Crippen molar-refractivity contribution in [2.75, 3.05) is 33.4 Å². The lowest BCUT2D eigenvalue weighted by Crippen LogP contribution is -2.46. The first-order valence-corrected chi connectivity index (χ1v) is 7.99. The van der Waals surface area contributed by atoms with E-state index in [0.29, 0.717) is 43.4 Å². The molecule has 0 N–H and O–H groups in total. The number of ether oxygens (including phenoxy) is 2. The molecule has 0 bridgehead atoms. The summed E-state index contributed by atoms with van der Waals surface area (Å²) in [6, 6.07) is 5.63. The van der Waals surface area contributed by atoms with E-state index < -0.39 is 0 Å². The van der Waals surface area contributed by atoms with Gasteiger partial charge in [-0.05, 0) is 25.0 Å². The van der Waals surface area contributed by atoms with Crippen LogP contribution in [0.1, 0.15) is 30.1 Å². The van der Waals surface area contributed by atoms with Gasteiger partial charge in [-0.1, -0.05) is 6.07 Å². The maximum absolute atomic E-state index is 12.8. The Labute approximate surface area is 136 Å². The summed E-state index contributed by atoms with van der Waals surface area (Å²) in [7, 11) is 1.82. The van der Waals surface area contributed by atoms with Crippen LogP contribution in [0.2, 0.25) is 0 Å². The standard InChI is InChI=1S/C17H22N2O4/c1-12(20)18(2)13-6-8-19(9-7-13)17(21)14-4-3-5-15-16(14)23-11-10-22-15/h3-5,13H,6-11H2,1-2H3. The molecule has 1 fully saturated rings. The number of carbonyl (C=O) groups is 2. The van der Waals surface area contributed by atoms with Crippen molar-refractivity contribution in [1.82, 2.24) is 9.80 Å². The fourth-order valence-electron chi connectivity index (χ4n) is 3.13. The van der Waals surface area contributed by atoms with Crippen molar-refractivity contribution in [3.63, 3.8) is 0 Å². The molecule has 6 nitrogen and oxygen atoms in total. The van der Waals surface area contributed by atoms with E-state index in [-0.39, 0.29) is 17.9 Å². The Morgan fingerprint density at radius 1 is 1.17 bits per heavy atom. The van der Waals surface area contributed by atoms with E-state index in [9.17, 15) is 9.59 Å². The molecule has 1 saturated heterocycles. The Balaban J connectivity index is 1.70. The third-order valence-corrected chi connectivity index (χ3v) is 4.59. The zero-order chi connectivity index (χ0) is 16.4. The van der Waals surface area contributed by atoms with Crippen LogP contribution in [0.25, 0.3) is 0 Å². The molecular weight excluding hydrogens is 296 g/mol. The summed E-state index contributed by atoms with van der Waals surface area (Å²) < 4.78 is 11.2. The quantitative estimate of drug-likeness (QED) is 0.830. The fourth-order valence-corrected chi connectivity index (χ4v) is 3.13. The summed E-state index contributed by atoms with van der Waals surface area (Å²) in [6.07, 6.45) is 1.60. The summed E-state index contributed by atoms with van der Waals surface area (Å²) in [4.78, 5) is 27.8. The van der Waals surface area contributed by atoms with Crippen LogP contribution < -0.4 is 9.47 Å². The summed E-state index contributed by atoms with van der Waals surface area (Å²) in [5, 5.41) is 0. The van der Waals surface area contributed by atoms with Crippen LogP contribution in [0.15, 0.2) is 18.2 Å². The largest absolute Gasteiger partial charge is 0.486 e. The maximum Gasteiger partial charge on any atom is 0.257 e. The number of para-hydroxylation sites is 1. The molecule has 0 atom stereocenters. The number of benzene rings is 1. The van der Waals surface area contributed by atoms with Crippen LogP contribution >= 0.6 is 0 Å². The molecule has 3 rings (SSSR count). The van der Waals surface area contributed by atoms with Gasteiger partial charge in [0.2, 0.25) is 5.91 Å². The van der Waals surface area contributed by atoms with E-state index in [1.807, 2.05) is 24.1 Å². The summed E-state index contributed by atoms with van der Waals surface area (Å²) in [6.45, 7) is 3.83. The van der Waals surface area contributed by atoms with Crippen molar-refractivity contribution in [2.45, 2.75) is 25.8 Å². The number of hydrogen-bond acceptors (Lipinski definition) is 4. The third-order valence-electron chi connectivity index (χ3n) is 4.59. The number of likely N-dealkylation sites (tertiary alicyclic amines) is 1. The first-order chi connectivity index (χ1) is 11.1. The van der Waals surface area contributed by atoms with Gasteiger partial charge < -0.3 is 19.3 Å². The molecule has 2 aliphatic heterocycles. The van der Waals surface area contributed by atoms with Gasteiger partial charge in [-0.3, -0.25) is 9.59 Å². The van der Waals surface area contributed by atoms with Crippen LogP contribution in [0.5, 0.6) is 11.5 Å². The van der Waals surface area contributed by atoms with Crippen molar-refractivity contribution in [3.05, 3.63) is 23.8 Å². The van der Waals surface area contributed by atoms with Crippen molar-refractivity contribution < 1.29 is 19.1 Å². The highest BCUT2D eigenvalue weighted by Crippen LogP contribution is 2.34. The third kappa shape index (κ3) is 3.11. The monoisotopic (exact) mass is 318 g/mol. The Morgan fingerprint density at radius 2 is 1.87 bits per heavy atom. The molecule has 0 saturated carbocycles. The molecule has 0 unspecified atom stereocenters. The topological polar surface area (TPSA) is 59.1 Å². The minimum Gasteiger partial charge on any atom is -0.486 e. The van der Waals surface area contributed by atoms with Gasteiger partial charge >= 0.3 is 0 Å². The molecule has 2 aliphatic rings. The van der Waals surface area contributed by atoms with Gasteiger partial charge in [0.1, 0.15) is 13.2 Å². The number of carbonyl (C=O) groups excluding carboxylic acids is 2. The zero-order valence-corrected chi connectivity index (χ0v) is 13.6. The molecule has 1 aromatic rings. The predicted octanol–water partition coefficient (Wildman–Crippen LogP) is 1.54. The Morgan fingerprint density at radius 3 is 2.57 bits per heavy atom. The number of fused-ring (bicyclic) bond motifs is 1. The van der Waals surface area contributed by atoms with Gasteiger partial charge in [-0.15, -0.1) is 0 Å². The lowest BCUT2D eigenvalue weighted by Gasteiger charge is -2.36. The van der Waals surface area contributed by atoms with Crippen LogP contribution in [-0.2, 0) is 4.79 Å². The number of nitrogens with zero attached hydrogens (tertiary/aromatic N) is 2. The lowest BCUT2D eigenvalue weighted by atomic mass is 10.0. The molecule has 0 spiro atoms. The van der Waals surface area contributed by atoms with Gasteiger partial charge in [0, 0.05) is 33.1 Å². The van der Waals surface area contributed by atoms with Crippen LogP contribution in [0, 0.1) is 0 Å². The van der Waals surface area contributed by atoms with E-state index in [1.54, 1.807) is 17.9 Å². The smallest absolute Gasteiger partial charge is 0.257 e. The zero-order valence-electron chi connectivity index (χ0n) is 13.6. The fraction of sp³-hybridized carbons (Fsp3) is 0.529. The molecule has 0 aromatic heterocycles. The van der Waals surface area contributed by atoms with E-state index in [2.05, 4.69) is 0 Å². The molecule has 0 radical (unpaired) electrons. The van der Waals surface area contributed by atoms with E-state index in [1.165, 1.54) is 0 Å². The molecule has 23 heavy (non-hydrogen) atoms. The Bertz CT molecular complexity index is 609. The van der Waals surface area contributed by atoms with Crippen molar-refractivity contribution in [1.29, 1.82) is 0 Å². The average Bonchev–Trinajstić information content (AvgIpc) is 2.60. The average molecular weight is 318 g/mol. The molecular formula is C17H22N2O4. The maximum atomic E-state index is 12.8. The van der Waals surface area contributed by atoms with E-state index in [0.717, 1.165) is 12.8 Å². The second kappa shape index (κ2) is 6.48. The molecule has 2 amide bonds. The second-order valence-corrected chi connectivity index (χ2v) is 5.98. The Hall–Kier alpha value is -2.24. The number of hydrogen-bond donors (Lipinski definition) is 0. The SMILES string of the molecule is CC(=O)N(C)C1CCN(C(=O)c2cccc3c2OCCO3)CC1. The Kier molecular flexibility index (Phi) is 4.41. The second-order valence-electron chi connectivity index (χ2n) is 5.98. The molecule has 0 aliphatic carbocycles. The minimum atomic E-state index is -0.0312. The summed E-state index contributed by atoms with van der Waals surface area (Å²) in [5.74, 6) is 1.22. The molecule has 124 valence electrons. The van der Waals surface area contributed by atoms with Crippen LogP contribution in [0.4, 0.5) is 0 Å². The first-order valence-electron chi connectivity index (χ1n) is 7.99. The summed E-state index contributed by atoms with van der Waals surface area (Å²) in [5.41, 5.74) is 0.556. The number of rotatable bonds is 2. The highest BCUT2D eigenvalue weighted by atomic mass is 16.6. The van der Waals surface area contributed by atoms with E-state index >= 15 is 0 Å². The van der Waals surface area contributed by atoms with Gasteiger partial charge in [0.25, 0.3) is 5.91 Å². The summed E-state index contributed by atoms with van der Waals surface area (Å²) >= 11 is 0.